The Balaban J connectivity index is 1.60. The SMILES string of the molecule is CCCCc1ccc(N(c2ccc(C)cc2)c2c(N(c3ccc(C)cc3)c3ccc(CCCC)cc3)c3cc(C)ccc3c3ccccc23)cc1. The van der Waals surface area contributed by atoms with E-state index >= 15 is 0 Å². The molecule has 0 heterocycles. The van der Waals surface area contributed by atoms with Gasteiger partial charge >= 0.3 is 0 Å². The molecule has 7 aromatic rings. The Hall–Kier alpha value is -5.34. The van der Waals surface area contributed by atoms with Crippen molar-refractivity contribution in [2.24, 2.45) is 0 Å². The molecule has 0 unspecified atom stereocenters. The molecule has 0 N–H and O–H groups in total. The van der Waals surface area contributed by atoms with E-state index in [9.17, 15) is 0 Å². The Labute approximate surface area is 305 Å². The van der Waals surface area contributed by atoms with Crippen molar-refractivity contribution in [3.63, 3.8) is 0 Å². The number of fused-ring (bicyclic) bond motifs is 3. The van der Waals surface area contributed by atoms with Gasteiger partial charge in [-0.2, -0.15) is 0 Å². The Morgan fingerprint density at radius 3 is 1.20 bits per heavy atom. The third-order valence-electron chi connectivity index (χ3n) is 10.2. The van der Waals surface area contributed by atoms with Crippen molar-refractivity contribution in [2.45, 2.75) is 73.1 Å². The van der Waals surface area contributed by atoms with Gasteiger partial charge in [0.25, 0.3) is 0 Å². The van der Waals surface area contributed by atoms with E-state index in [1.54, 1.807) is 0 Å². The van der Waals surface area contributed by atoms with Crippen LogP contribution in [0.4, 0.5) is 34.1 Å². The summed E-state index contributed by atoms with van der Waals surface area (Å²) >= 11 is 0. The van der Waals surface area contributed by atoms with Crippen LogP contribution in [0.2, 0.25) is 0 Å². The maximum absolute atomic E-state index is 2.50. The Morgan fingerprint density at radius 1 is 0.373 bits per heavy atom. The molecule has 0 amide bonds. The molecule has 2 nitrogen and oxygen atoms in total. The molecule has 0 spiro atoms. The zero-order valence-electron chi connectivity index (χ0n) is 30.9. The van der Waals surface area contributed by atoms with Crippen LogP contribution in [0.5, 0.6) is 0 Å². The van der Waals surface area contributed by atoms with Crippen LogP contribution in [-0.2, 0) is 12.8 Å². The summed E-state index contributed by atoms with van der Waals surface area (Å²) in [5, 5.41) is 4.96. The molecule has 0 bridgehead atoms. The maximum atomic E-state index is 2.50. The molecule has 0 aliphatic heterocycles. The molecule has 2 heteroatoms. The molecular weight excluding hydrogens is 617 g/mol. The third kappa shape index (κ3) is 7.14. The van der Waals surface area contributed by atoms with Gasteiger partial charge in [-0.3, -0.25) is 0 Å². The van der Waals surface area contributed by atoms with Gasteiger partial charge in [0.15, 0.2) is 0 Å². The summed E-state index contributed by atoms with van der Waals surface area (Å²) < 4.78 is 0. The lowest BCUT2D eigenvalue weighted by molar-refractivity contribution is 0.795. The average Bonchev–Trinajstić information content (AvgIpc) is 3.16. The van der Waals surface area contributed by atoms with Crippen LogP contribution in [0.3, 0.4) is 0 Å². The summed E-state index contributed by atoms with van der Waals surface area (Å²) in [6.45, 7) is 11.1. The molecule has 0 saturated heterocycles. The first-order chi connectivity index (χ1) is 24.9. The maximum Gasteiger partial charge on any atom is 0.0788 e. The van der Waals surface area contributed by atoms with Crippen LogP contribution in [0, 0.1) is 20.8 Å². The second-order valence-electron chi connectivity index (χ2n) is 14.2. The number of rotatable bonds is 12. The first-order valence-electron chi connectivity index (χ1n) is 18.8. The molecule has 0 aromatic heterocycles. The highest BCUT2D eigenvalue weighted by Gasteiger charge is 2.28. The van der Waals surface area contributed by atoms with Crippen LogP contribution in [0.25, 0.3) is 21.5 Å². The van der Waals surface area contributed by atoms with Crippen molar-refractivity contribution < 1.29 is 0 Å². The monoisotopic (exact) mass is 666 g/mol. The topological polar surface area (TPSA) is 6.48 Å². The standard InChI is InChI=1S/C49H50N2/c1-6-8-12-38-21-29-42(30-22-38)50(40-25-16-35(3)17-26-40)48-46-15-11-10-14-44(46)45-33-20-37(5)34-47(45)49(48)51(41-27-18-36(4)19-28-41)43-31-23-39(24-32-43)13-9-7-2/h10-11,14-34H,6-9,12-13H2,1-5H3. The Bertz CT molecular complexity index is 2230. The van der Waals surface area contributed by atoms with Gasteiger partial charge in [-0.15, -0.1) is 0 Å². The molecule has 0 aliphatic carbocycles. The van der Waals surface area contributed by atoms with E-state index in [0.29, 0.717) is 0 Å². The molecule has 0 atom stereocenters. The lowest BCUT2D eigenvalue weighted by atomic mass is 9.94. The molecule has 0 aliphatic rings. The van der Waals surface area contributed by atoms with Gasteiger partial charge < -0.3 is 9.80 Å². The Morgan fingerprint density at radius 2 is 0.745 bits per heavy atom. The summed E-state index contributed by atoms with van der Waals surface area (Å²) in [6.07, 6.45) is 6.97. The fourth-order valence-electron chi connectivity index (χ4n) is 7.31. The quantitative estimate of drug-likeness (QED) is 0.0946. The number of aryl methyl sites for hydroxylation is 5. The summed E-state index contributed by atoms with van der Waals surface area (Å²) in [7, 11) is 0. The van der Waals surface area contributed by atoms with E-state index in [0.717, 1.165) is 35.6 Å². The highest BCUT2D eigenvalue weighted by Crippen LogP contribution is 2.53. The van der Waals surface area contributed by atoms with E-state index in [-0.39, 0.29) is 0 Å². The normalized spacial score (nSPS) is 11.3. The van der Waals surface area contributed by atoms with Crippen molar-refractivity contribution in [2.75, 3.05) is 9.80 Å². The number of hydrogen-bond acceptors (Lipinski definition) is 2. The van der Waals surface area contributed by atoms with Gasteiger partial charge in [0.05, 0.1) is 11.4 Å². The van der Waals surface area contributed by atoms with E-state index < -0.39 is 0 Å². The molecule has 256 valence electrons. The minimum absolute atomic E-state index is 1.10. The molecule has 7 rings (SSSR count). The molecule has 0 fully saturated rings. The molecule has 0 saturated carbocycles. The fourth-order valence-corrected chi connectivity index (χ4v) is 7.31. The van der Waals surface area contributed by atoms with E-state index in [2.05, 4.69) is 184 Å². The van der Waals surface area contributed by atoms with Crippen molar-refractivity contribution >= 4 is 55.7 Å². The highest BCUT2D eigenvalue weighted by molar-refractivity contribution is 6.23. The van der Waals surface area contributed by atoms with Crippen LogP contribution >= 0.6 is 0 Å². The van der Waals surface area contributed by atoms with Crippen LogP contribution in [-0.4, -0.2) is 0 Å². The van der Waals surface area contributed by atoms with E-state index in [1.807, 2.05) is 0 Å². The first kappa shape index (κ1) is 34.1. The molecule has 51 heavy (non-hydrogen) atoms. The average molecular weight is 667 g/mol. The lowest BCUT2D eigenvalue weighted by Gasteiger charge is -2.35. The fraction of sp³-hybridized carbons (Fsp3) is 0.224. The molecule has 7 aromatic carbocycles. The van der Waals surface area contributed by atoms with Gasteiger partial charge in [-0.25, -0.2) is 0 Å². The lowest BCUT2D eigenvalue weighted by Crippen LogP contribution is -2.18. The summed E-state index contributed by atoms with van der Waals surface area (Å²) in [6, 6.07) is 52.6. The van der Waals surface area contributed by atoms with Crippen molar-refractivity contribution in [1.82, 2.24) is 0 Å². The van der Waals surface area contributed by atoms with Gasteiger partial charge in [-0.1, -0.05) is 128 Å². The summed E-state index contributed by atoms with van der Waals surface area (Å²) in [5.41, 5.74) is 13.4. The molecular formula is C49H50N2. The minimum atomic E-state index is 1.10. The van der Waals surface area contributed by atoms with E-state index in [1.165, 1.54) is 86.4 Å². The van der Waals surface area contributed by atoms with Gasteiger partial charge in [-0.05, 0) is 123 Å². The number of anilines is 6. The zero-order valence-corrected chi connectivity index (χ0v) is 30.9. The number of nitrogens with zero attached hydrogens (tertiary/aromatic N) is 2. The minimum Gasteiger partial charge on any atom is -0.308 e. The number of benzene rings is 7. The predicted molar refractivity (Wildman–Crippen MR) is 222 cm³/mol. The van der Waals surface area contributed by atoms with Gasteiger partial charge in [0.2, 0.25) is 0 Å². The second kappa shape index (κ2) is 15.3. The number of unbranched alkanes of at least 4 members (excludes halogenated alkanes) is 2. The smallest absolute Gasteiger partial charge is 0.0788 e. The number of hydrogen-bond donors (Lipinski definition) is 0. The van der Waals surface area contributed by atoms with Crippen molar-refractivity contribution in [3.05, 3.63) is 167 Å². The molecule has 0 radical (unpaired) electrons. The van der Waals surface area contributed by atoms with Crippen LogP contribution < -0.4 is 9.80 Å². The first-order valence-corrected chi connectivity index (χ1v) is 18.8. The second-order valence-corrected chi connectivity index (χ2v) is 14.2. The van der Waals surface area contributed by atoms with E-state index in [4.69, 9.17) is 0 Å². The van der Waals surface area contributed by atoms with Gasteiger partial charge in [0, 0.05) is 33.5 Å². The Kier molecular flexibility index (Phi) is 10.2. The van der Waals surface area contributed by atoms with Crippen LogP contribution in [0.15, 0.2) is 140 Å². The van der Waals surface area contributed by atoms with Crippen molar-refractivity contribution in [1.29, 1.82) is 0 Å². The van der Waals surface area contributed by atoms with Crippen molar-refractivity contribution in [3.8, 4) is 0 Å². The van der Waals surface area contributed by atoms with Crippen LogP contribution in [0.1, 0.15) is 67.3 Å². The largest absolute Gasteiger partial charge is 0.308 e. The predicted octanol–water partition coefficient (Wildman–Crippen LogP) is 14.5. The summed E-state index contributed by atoms with van der Waals surface area (Å²) in [5.74, 6) is 0. The van der Waals surface area contributed by atoms with Gasteiger partial charge in [0.1, 0.15) is 0 Å². The zero-order chi connectivity index (χ0) is 35.3. The third-order valence-corrected chi connectivity index (χ3v) is 10.2. The summed E-state index contributed by atoms with van der Waals surface area (Å²) in [4.78, 5) is 5.00. The highest BCUT2D eigenvalue weighted by atomic mass is 15.2.